The molecule has 0 radical (unpaired) electrons. The van der Waals surface area contributed by atoms with Crippen LogP contribution in [0.3, 0.4) is 0 Å². The minimum Gasteiger partial charge on any atom is -0.489 e. The number of pyridine rings is 1. The smallest absolute Gasteiger partial charge is 0.416 e. The number of amides is 1. The molecule has 0 saturated carbocycles. The summed E-state index contributed by atoms with van der Waals surface area (Å²) in [6.45, 7) is 0.537. The van der Waals surface area contributed by atoms with Crippen molar-refractivity contribution in [3.63, 3.8) is 0 Å². The molecule has 0 unspecified atom stereocenters. The summed E-state index contributed by atoms with van der Waals surface area (Å²) in [6.07, 6.45) is -1.02. The number of thiazole rings is 1. The van der Waals surface area contributed by atoms with Crippen molar-refractivity contribution in [2.45, 2.75) is 19.3 Å². The van der Waals surface area contributed by atoms with Gasteiger partial charge in [0.1, 0.15) is 23.1 Å². The van der Waals surface area contributed by atoms with Gasteiger partial charge in [0, 0.05) is 29.9 Å². The number of rotatable bonds is 7. The van der Waals surface area contributed by atoms with Crippen LogP contribution in [-0.4, -0.2) is 15.9 Å². The Morgan fingerprint density at radius 2 is 1.64 bits per heavy atom. The molecule has 0 aliphatic heterocycles. The Bertz CT molecular complexity index is 1210. The number of nitrogens with zero attached hydrogens (tertiary/aromatic N) is 2. The average molecular weight is 469 g/mol. The van der Waals surface area contributed by atoms with Crippen LogP contribution in [0.25, 0.3) is 10.6 Å². The summed E-state index contributed by atoms with van der Waals surface area (Å²) in [5.41, 5.74) is 2.06. The second-order valence-electron chi connectivity index (χ2n) is 7.08. The minimum atomic E-state index is -4.36. The third kappa shape index (κ3) is 5.95. The molecular formula is C24H18F3N3O2S. The van der Waals surface area contributed by atoms with Gasteiger partial charge in [0.2, 0.25) is 0 Å². The molecule has 0 aliphatic rings. The molecule has 0 spiro atoms. The molecule has 9 heteroatoms. The van der Waals surface area contributed by atoms with E-state index in [1.165, 1.54) is 23.5 Å². The number of aromatic nitrogens is 2. The van der Waals surface area contributed by atoms with Gasteiger partial charge in [-0.2, -0.15) is 13.2 Å². The zero-order valence-corrected chi connectivity index (χ0v) is 18.0. The van der Waals surface area contributed by atoms with Crippen molar-refractivity contribution in [1.29, 1.82) is 0 Å². The van der Waals surface area contributed by atoms with E-state index in [2.05, 4.69) is 15.3 Å². The van der Waals surface area contributed by atoms with Gasteiger partial charge in [0.05, 0.1) is 5.56 Å². The number of nitrogens with one attached hydrogen (secondary N) is 1. The largest absolute Gasteiger partial charge is 0.489 e. The standard InChI is InChI=1S/C24H18F3N3O2S/c25-24(26,27)19-5-1-17(2-6-19)14-32-20-7-3-18(4-8-20)23-30-21(15-33-23)22(31)29-13-16-9-11-28-12-10-16/h1-12,15H,13-14H2,(H,29,31). The molecule has 5 nitrogen and oxygen atoms in total. The Balaban J connectivity index is 1.33. The van der Waals surface area contributed by atoms with Crippen LogP contribution in [0.15, 0.2) is 78.4 Å². The first-order valence-electron chi connectivity index (χ1n) is 9.90. The molecule has 0 bridgehead atoms. The molecule has 0 fully saturated rings. The molecule has 2 aromatic heterocycles. The minimum absolute atomic E-state index is 0.149. The highest BCUT2D eigenvalue weighted by Gasteiger charge is 2.29. The summed E-state index contributed by atoms with van der Waals surface area (Å²) < 4.78 is 43.6. The van der Waals surface area contributed by atoms with Gasteiger partial charge >= 0.3 is 6.18 Å². The Morgan fingerprint density at radius 3 is 2.30 bits per heavy atom. The van der Waals surface area contributed by atoms with Gasteiger partial charge in [-0.15, -0.1) is 11.3 Å². The third-order valence-electron chi connectivity index (χ3n) is 4.73. The lowest BCUT2D eigenvalue weighted by Crippen LogP contribution is -2.23. The van der Waals surface area contributed by atoms with Gasteiger partial charge in [0.15, 0.2) is 0 Å². The summed E-state index contributed by atoms with van der Waals surface area (Å²) in [4.78, 5) is 20.7. The highest BCUT2D eigenvalue weighted by Crippen LogP contribution is 2.29. The number of ether oxygens (including phenoxy) is 1. The van der Waals surface area contributed by atoms with Crippen LogP contribution >= 0.6 is 11.3 Å². The summed E-state index contributed by atoms with van der Waals surface area (Å²) in [5.74, 6) is 0.316. The molecule has 0 atom stereocenters. The SMILES string of the molecule is O=C(NCc1ccncc1)c1csc(-c2ccc(OCc3ccc(C(F)(F)F)cc3)cc2)n1. The van der Waals surface area contributed by atoms with E-state index in [1.54, 1.807) is 29.9 Å². The monoisotopic (exact) mass is 469 g/mol. The predicted molar refractivity (Wildman–Crippen MR) is 119 cm³/mol. The van der Waals surface area contributed by atoms with Gasteiger partial charge in [0.25, 0.3) is 5.91 Å². The van der Waals surface area contributed by atoms with Gasteiger partial charge in [-0.25, -0.2) is 4.98 Å². The van der Waals surface area contributed by atoms with Crippen LogP contribution < -0.4 is 10.1 Å². The number of hydrogen-bond donors (Lipinski definition) is 1. The molecule has 0 aliphatic carbocycles. The second-order valence-corrected chi connectivity index (χ2v) is 7.94. The van der Waals surface area contributed by atoms with E-state index in [4.69, 9.17) is 4.74 Å². The Morgan fingerprint density at radius 1 is 0.939 bits per heavy atom. The van der Waals surface area contributed by atoms with E-state index < -0.39 is 11.7 Å². The number of carbonyl (C=O) groups is 1. The normalized spacial score (nSPS) is 11.2. The highest BCUT2D eigenvalue weighted by atomic mass is 32.1. The van der Waals surface area contributed by atoms with Crippen LogP contribution in [0.4, 0.5) is 13.2 Å². The number of alkyl halides is 3. The first-order valence-corrected chi connectivity index (χ1v) is 10.8. The summed E-state index contributed by atoms with van der Waals surface area (Å²) in [7, 11) is 0. The fourth-order valence-electron chi connectivity index (χ4n) is 2.93. The zero-order valence-electron chi connectivity index (χ0n) is 17.2. The maximum atomic E-state index is 12.6. The van der Waals surface area contributed by atoms with Crippen LogP contribution in [0.1, 0.15) is 27.2 Å². The molecule has 168 valence electrons. The molecule has 0 saturated heterocycles. The highest BCUT2D eigenvalue weighted by molar-refractivity contribution is 7.13. The number of hydrogen-bond acceptors (Lipinski definition) is 5. The van der Waals surface area contributed by atoms with Gasteiger partial charge in [-0.05, 0) is 59.7 Å². The maximum Gasteiger partial charge on any atom is 0.416 e. The topological polar surface area (TPSA) is 64.1 Å². The van der Waals surface area contributed by atoms with Crippen molar-refractivity contribution >= 4 is 17.2 Å². The molecule has 2 aromatic carbocycles. The average Bonchev–Trinajstić information content (AvgIpc) is 3.32. The molecule has 1 N–H and O–H groups in total. The van der Waals surface area contributed by atoms with Crippen molar-refractivity contribution in [2.75, 3.05) is 0 Å². The van der Waals surface area contributed by atoms with Crippen LogP contribution in [0.5, 0.6) is 5.75 Å². The van der Waals surface area contributed by atoms with E-state index >= 15 is 0 Å². The van der Waals surface area contributed by atoms with Crippen molar-refractivity contribution in [2.24, 2.45) is 0 Å². The lowest BCUT2D eigenvalue weighted by atomic mass is 10.1. The first kappa shape index (κ1) is 22.5. The molecule has 4 rings (SSSR count). The fraction of sp³-hybridized carbons (Fsp3) is 0.125. The Hall–Kier alpha value is -3.72. The third-order valence-corrected chi connectivity index (χ3v) is 5.62. The maximum absolute atomic E-state index is 12.6. The number of carbonyl (C=O) groups excluding carboxylic acids is 1. The quantitative estimate of drug-likeness (QED) is 0.375. The Labute approximate surface area is 191 Å². The van der Waals surface area contributed by atoms with Gasteiger partial charge in [-0.1, -0.05) is 12.1 Å². The number of halogens is 3. The van der Waals surface area contributed by atoms with E-state index in [0.717, 1.165) is 23.3 Å². The van der Waals surface area contributed by atoms with Crippen molar-refractivity contribution in [3.05, 3.63) is 101 Å². The van der Waals surface area contributed by atoms with Crippen molar-refractivity contribution in [3.8, 4) is 16.3 Å². The lowest BCUT2D eigenvalue weighted by Gasteiger charge is -2.09. The predicted octanol–water partition coefficient (Wildman–Crippen LogP) is 5.73. The van der Waals surface area contributed by atoms with Crippen LogP contribution in [0.2, 0.25) is 0 Å². The molecule has 33 heavy (non-hydrogen) atoms. The summed E-state index contributed by atoms with van der Waals surface area (Å²) in [6, 6.07) is 15.7. The molecule has 4 aromatic rings. The molecular weight excluding hydrogens is 451 g/mol. The Kier molecular flexibility index (Phi) is 6.69. The summed E-state index contributed by atoms with van der Waals surface area (Å²) >= 11 is 1.36. The lowest BCUT2D eigenvalue weighted by molar-refractivity contribution is -0.137. The van der Waals surface area contributed by atoms with E-state index in [0.29, 0.717) is 28.6 Å². The van der Waals surface area contributed by atoms with E-state index in [1.807, 2.05) is 24.3 Å². The van der Waals surface area contributed by atoms with E-state index in [-0.39, 0.29) is 12.5 Å². The van der Waals surface area contributed by atoms with Crippen molar-refractivity contribution < 1.29 is 22.7 Å². The van der Waals surface area contributed by atoms with Gasteiger partial charge in [-0.3, -0.25) is 9.78 Å². The molecule has 2 heterocycles. The van der Waals surface area contributed by atoms with Crippen LogP contribution in [0, 0.1) is 0 Å². The number of benzene rings is 2. The molecule has 1 amide bonds. The van der Waals surface area contributed by atoms with Crippen molar-refractivity contribution in [1.82, 2.24) is 15.3 Å². The zero-order chi connectivity index (χ0) is 23.3. The fourth-order valence-corrected chi connectivity index (χ4v) is 3.74. The second kappa shape index (κ2) is 9.83. The van der Waals surface area contributed by atoms with Crippen LogP contribution in [-0.2, 0) is 19.3 Å². The summed E-state index contributed by atoms with van der Waals surface area (Å²) in [5, 5.41) is 5.22. The van der Waals surface area contributed by atoms with Gasteiger partial charge < -0.3 is 10.1 Å². The first-order chi connectivity index (χ1) is 15.9. The van der Waals surface area contributed by atoms with E-state index in [9.17, 15) is 18.0 Å².